The van der Waals surface area contributed by atoms with Crippen LogP contribution in [-0.4, -0.2) is 34.4 Å². The molecule has 0 spiro atoms. The van der Waals surface area contributed by atoms with Crippen LogP contribution in [0.15, 0.2) is 40.8 Å². The number of aryl methyl sites for hydroxylation is 2. The van der Waals surface area contributed by atoms with Crippen LogP contribution in [0.25, 0.3) is 10.2 Å². The Morgan fingerprint density at radius 2 is 2.06 bits per heavy atom. The molecule has 2 aliphatic rings. The number of nitrogens with one attached hydrogen (secondary N) is 1. The molecule has 9 heteroatoms. The molecular weight excluding hydrogens is 446 g/mol. The first kappa shape index (κ1) is 21.1. The minimum absolute atomic E-state index is 0.0379. The van der Waals surface area contributed by atoms with Crippen LogP contribution in [0.3, 0.4) is 0 Å². The van der Waals surface area contributed by atoms with Crippen LogP contribution in [0.2, 0.25) is 0 Å². The van der Waals surface area contributed by atoms with Gasteiger partial charge in [0.1, 0.15) is 18.0 Å². The van der Waals surface area contributed by atoms with Gasteiger partial charge in [-0.1, -0.05) is 17.8 Å². The summed E-state index contributed by atoms with van der Waals surface area (Å²) in [5, 5.41) is 4.16. The van der Waals surface area contributed by atoms with E-state index in [0.717, 1.165) is 35.9 Å². The number of aromatic nitrogens is 2. The van der Waals surface area contributed by atoms with Crippen LogP contribution in [0.1, 0.15) is 23.3 Å². The Hall–Kier alpha value is -2.78. The summed E-state index contributed by atoms with van der Waals surface area (Å²) in [6.07, 6.45) is 5.90. The molecule has 0 fully saturated rings. The largest absolute Gasteiger partial charge is 0.486 e. The highest BCUT2D eigenvalue weighted by Crippen LogP contribution is 2.35. The topological polar surface area (TPSA) is 82.5 Å². The maximum absolute atomic E-state index is 13.3. The third-order valence-corrected chi connectivity index (χ3v) is 7.67. The molecule has 1 N–H and O–H groups in total. The van der Waals surface area contributed by atoms with Crippen LogP contribution >= 0.6 is 23.1 Å². The number of anilines is 1. The highest BCUT2D eigenvalue weighted by atomic mass is 32.2. The lowest BCUT2D eigenvalue weighted by Gasteiger charge is -2.19. The number of benzene rings is 1. The van der Waals surface area contributed by atoms with Crippen molar-refractivity contribution >= 4 is 44.9 Å². The average Bonchev–Trinajstić information content (AvgIpc) is 3.18. The van der Waals surface area contributed by atoms with Gasteiger partial charge in [-0.2, -0.15) is 0 Å². The van der Waals surface area contributed by atoms with Crippen molar-refractivity contribution in [3.05, 3.63) is 51.6 Å². The molecule has 0 saturated heterocycles. The van der Waals surface area contributed by atoms with Gasteiger partial charge in [0.2, 0.25) is 5.91 Å². The maximum Gasteiger partial charge on any atom is 0.263 e. The number of hydrogen-bond donors (Lipinski definition) is 1. The molecule has 3 heterocycles. The first-order chi connectivity index (χ1) is 15.6. The van der Waals surface area contributed by atoms with E-state index in [1.807, 2.05) is 0 Å². The number of carbonyl (C=O) groups excluding carboxylic acids is 1. The number of thiophene rings is 1. The van der Waals surface area contributed by atoms with Gasteiger partial charge in [0.25, 0.3) is 5.56 Å². The minimum Gasteiger partial charge on any atom is -0.486 e. The zero-order valence-corrected chi connectivity index (χ0v) is 19.2. The number of nitrogens with zero attached hydrogens (tertiary/aromatic N) is 2. The summed E-state index contributed by atoms with van der Waals surface area (Å²) in [5.74, 6) is 1.24. The van der Waals surface area contributed by atoms with Crippen molar-refractivity contribution in [2.75, 3.05) is 24.3 Å². The summed E-state index contributed by atoms with van der Waals surface area (Å²) in [6, 6.07) is 5.32. The van der Waals surface area contributed by atoms with Gasteiger partial charge in [0.15, 0.2) is 16.7 Å². The molecule has 7 nitrogen and oxygen atoms in total. The molecule has 0 saturated carbocycles. The second-order valence-corrected chi connectivity index (χ2v) is 9.71. The Labute approximate surface area is 193 Å². The summed E-state index contributed by atoms with van der Waals surface area (Å²) in [7, 11) is 0. The van der Waals surface area contributed by atoms with E-state index in [-0.39, 0.29) is 17.2 Å². The third-order valence-electron chi connectivity index (χ3n) is 5.51. The van der Waals surface area contributed by atoms with E-state index >= 15 is 0 Å². The second kappa shape index (κ2) is 8.99. The van der Waals surface area contributed by atoms with Crippen molar-refractivity contribution in [2.24, 2.45) is 0 Å². The van der Waals surface area contributed by atoms with Crippen LogP contribution in [0.4, 0.5) is 5.69 Å². The SMILES string of the molecule is C=CCn1c(SCC(=O)Nc2ccc3c(c2)OCCO3)nc2sc3c(c2c1=O)CCCC3. The van der Waals surface area contributed by atoms with E-state index in [2.05, 4.69) is 11.9 Å². The standard InChI is InChI=1S/C23H23N3O4S2/c1-2-9-26-22(28)20-15-5-3-4-6-18(15)32-21(20)25-23(26)31-13-19(27)24-14-7-8-16-17(12-14)30-11-10-29-16/h2,7-8,12H,1,3-6,9-11,13H2,(H,24,27). The van der Waals surface area contributed by atoms with E-state index in [0.29, 0.717) is 42.1 Å². The van der Waals surface area contributed by atoms with Gasteiger partial charge in [0, 0.05) is 23.2 Å². The molecule has 0 atom stereocenters. The van der Waals surface area contributed by atoms with Crippen molar-refractivity contribution in [2.45, 2.75) is 37.4 Å². The predicted octanol–water partition coefficient (Wildman–Crippen LogP) is 4.02. The van der Waals surface area contributed by atoms with Gasteiger partial charge in [0.05, 0.1) is 11.1 Å². The number of hydrogen-bond acceptors (Lipinski definition) is 7. The fourth-order valence-electron chi connectivity index (χ4n) is 4.07. The highest BCUT2D eigenvalue weighted by Gasteiger charge is 2.22. The van der Waals surface area contributed by atoms with Crippen molar-refractivity contribution < 1.29 is 14.3 Å². The number of thioether (sulfide) groups is 1. The lowest BCUT2D eigenvalue weighted by Crippen LogP contribution is -2.24. The zero-order chi connectivity index (χ0) is 22.1. The lowest BCUT2D eigenvalue weighted by molar-refractivity contribution is -0.113. The highest BCUT2D eigenvalue weighted by molar-refractivity contribution is 7.99. The fourth-order valence-corrected chi connectivity index (χ4v) is 6.18. The Morgan fingerprint density at radius 3 is 2.91 bits per heavy atom. The van der Waals surface area contributed by atoms with Crippen molar-refractivity contribution in [1.82, 2.24) is 9.55 Å². The van der Waals surface area contributed by atoms with Crippen LogP contribution in [0, 0.1) is 0 Å². The van der Waals surface area contributed by atoms with E-state index < -0.39 is 0 Å². The van der Waals surface area contributed by atoms with Gasteiger partial charge in [-0.25, -0.2) is 4.98 Å². The summed E-state index contributed by atoms with van der Waals surface area (Å²) in [5.41, 5.74) is 1.76. The molecule has 1 aliphatic heterocycles. The van der Waals surface area contributed by atoms with E-state index in [4.69, 9.17) is 14.5 Å². The van der Waals surface area contributed by atoms with E-state index in [9.17, 15) is 9.59 Å². The van der Waals surface area contributed by atoms with Gasteiger partial charge in [-0.15, -0.1) is 17.9 Å². The second-order valence-electron chi connectivity index (χ2n) is 7.69. The lowest BCUT2D eigenvalue weighted by atomic mass is 9.97. The van der Waals surface area contributed by atoms with Crippen LogP contribution in [0.5, 0.6) is 11.5 Å². The number of carbonyl (C=O) groups is 1. The van der Waals surface area contributed by atoms with Crippen LogP contribution < -0.4 is 20.3 Å². The Kier molecular flexibility index (Phi) is 5.93. The third kappa shape index (κ3) is 4.02. The molecule has 0 unspecified atom stereocenters. The first-order valence-electron chi connectivity index (χ1n) is 10.6. The summed E-state index contributed by atoms with van der Waals surface area (Å²) >= 11 is 2.88. The zero-order valence-electron chi connectivity index (χ0n) is 17.5. The van der Waals surface area contributed by atoms with Crippen molar-refractivity contribution in [3.63, 3.8) is 0 Å². The Bertz CT molecular complexity index is 1260. The Morgan fingerprint density at radius 1 is 1.25 bits per heavy atom. The first-order valence-corrected chi connectivity index (χ1v) is 12.4. The molecule has 2 aromatic heterocycles. The fraction of sp³-hybridized carbons (Fsp3) is 0.348. The monoisotopic (exact) mass is 469 g/mol. The maximum atomic E-state index is 13.3. The summed E-state index contributed by atoms with van der Waals surface area (Å²) < 4.78 is 12.7. The summed E-state index contributed by atoms with van der Waals surface area (Å²) in [4.78, 5) is 32.7. The molecule has 1 aromatic carbocycles. The quantitative estimate of drug-likeness (QED) is 0.334. The average molecular weight is 470 g/mol. The molecule has 166 valence electrons. The van der Waals surface area contributed by atoms with Gasteiger partial charge in [-0.05, 0) is 43.4 Å². The molecular formula is C23H23N3O4S2. The Balaban J connectivity index is 1.36. The molecule has 0 radical (unpaired) electrons. The van der Waals surface area contributed by atoms with Crippen molar-refractivity contribution in [3.8, 4) is 11.5 Å². The molecule has 1 amide bonds. The number of rotatable bonds is 6. The molecule has 5 rings (SSSR count). The molecule has 3 aromatic rings. The molecule has 0 bridgehead atoms. The van der Waals surface area contributed by atoms with E-state index in [1.165, 1.54) is 22.2 Å². The normalized spacial score (nSPS) is 14.8. The smallest absolute Gasteiger partial charge is 0.263 e. The molecule has 32 heavy (non-hydrogen) atoms. The predicted molar refractivity (Wildman–Crippen MR) is 128 cm³/mol. The summed E-state index contributed by atoms with van der Waals surface area (Å²) in [6.45, 7) is 5.15. The van der Waals surface area contributed by atoms with Crippen molar-refractivity contribution in [1.29, 1.82) is 0 Å². The number of fused-ring (bicyclic) bond motifs is 4. The van der Waals surface area contributed by atoms with Gasteiger partial charge in [-0.3, -0.25) is 14.2 Å². The minimum atomic E-state index is -0.184. The number of allylic oxidation sites excluding steroid dienone is 1. The number of ether oxygens (including phenoxy) is 2. The van der Waals surface area contributed by atoms with Gasteiger partial charge >= 0.3 is 0 Å². The molecule has 1 aliphatic carbocycles. The van der Waals surface area contributed by atoms with Gasteiger partial charge < -0.3 is 14.8 Å². The van der Waals surface area contributed by atoms with Crippen LogP contribution in [-0.2, 0) is 24.2 Å². The van der Waals surface area contributed by atoms with E-state index in [1.54, 1.807) is 40.2 Å². The number of amides is 1.